The third-order valence-electron chi connectivity index (χ3n) is 5.59. The second-order valence-corrected chi connectivity index (χ2v) is 9.74. The lowest BCUT2D eigenvalue weighted by Gasteiger charge is -2.26. The molecule has 3 rings (SSSR count). The number of hydrogen-bond donors (Lipinski definition) is 0. The first kappa shape index (κ1) is 23.5. The van der Waals surface area contributed by atoms with E-state index < -0.39 is 40.6 Å². The van der Waals surface area contributed by atoms with Gasteiger partial charge in [-0.1, -0.05) is 13.8 Å². The number of benzene rings is 1. The minimum atomic E-state index is -4.49. The Morgan fingerprint density at radius 3 is 2.19 bits per heavy atom. The van der Waals surface area contributed by atoms with E-state index in [0.717, 1.165) is 4.90 Å². The van der Waals surface area contributed by atoms with Crippen molar-refractivity contribution in [3.63, 3.8) is 0 Å². The normalized spacial score (nSPS) is 19.9. The molecule has 2 amide bonds. The van der Waals surface area contributed by atoms with Crippen LogP contribution in [0.1, 0.15) is 33.1 Å². The molecule has 7 nitrogen and oxygen atoms in total. The van der Waals surface area contributed by atoms with Crippen LogP contribution in [0, 0.1) is 5.92 Å². The zero-order chi connectivity index (χ0) is 23.0. The Morgan fingerprint density at radius 2 is 1.71 bits per heavy atom. The number of alkyl halides is 3. The van der Waals surface area contributed by atoms with Crippen LogP contribution >= 0.6 is 0 Å². The van der Waals surface area contributed by atoms with Crippen molar-refractivity contribution in [2.75, 3.05) is 31.1 Å². The zero-order valence-electron chi connectivity index (χ0n) is 17.4. The molecule has 0 aromatic heterocycles. The molecule has 0 N–H and O–H groups in total. The van der Waals surface area contributed by atoms with Crippen molar-refractivity contribution in [3.8, 4) is 0 Å². The van der Waals surface area contributed by atoms with Gasteiger partial charge in [0.1, 0.15) is 6.54 Å². The van der Waals surface area contributed by atoms with E-state index in [1.165, 1.54) is 33.5 Å². The van der Waals surface area contributed by atoms with Crippen LogP contribution in [0.5, 0.6) is 0 Å². The Morgan fingerprint density at radius 1 is 1.13 bits per heavy atom. The van der Waals surface area contributed by atoms with Gasteiger partial charge >= 0.3 is 6.18 Å². The van der Waals surface area contributed by atoms with E-state index >= 15 is 0 Å². The Bertz CT molecular complexity index is 926. The van der Waals surface area contributed by atoms with Gasteiger partial charge in [-0.15, -0.1) is 0 Å². The highest BCUT2D eigenvalue weighted by Crippen LogP contribution is 2.34. The van der Waals surface area contributed by atoms with Gasteiger partial charge in [-0.3, -0.25) is 9.59 Å². The molecule has 1 saturated heterocycles. The van der Waals surface area contributed by atoms with Gasteiger partial charge in [-0.2, -0.15) is 17.5 Å². The van der Waals surface area contributed by atoms with E-state index in [-0.39, 0.29) is 23.8 Å². The molecule has 0 radical (unpaired) electrons. The lowest BCUT2D eigenvalue weighted by atomic mass is 10.1. The number of anilines is 1. The molecular weight excluding hydrogens is 435 g/mol. The number of amides is 2. The van der Waals surface area contributed by atoms with Crippen LogP contribution in [-0.2, 0) is 19.6 Å². The Hall–Kier alpha value is -2.14. The van der Waals surface area contributed by atoms with Gasteiger partial charge < -0.3 is 9.80 Å². The molecule has 2 aliphatic rings. The van der Waals surface area contributed by atoms with Crippen molar-refractivity contribution in [2.45, 2.75) is 50.2 Å². The van der Waals surface area contributed by atoms with Crippen LogP contribution in [0.2, 0.25) is 0 Å². The first-order valence-corrected chi connectivity index (χ1v) is 11.7. The average molecular weight is 462 g/mol. The van der Waals surface area contributed by atoms with Gasteiger partial charge in [0.25, 0.3) is 0 Å². The highest BCUT2D eigenvalue weighted by atomic mass is 32.2. The molecule has 1 saturated carbocycles. The summed E-state index contributed by atoms with van der Waals surface area (Å²) in [7, 11) is -3.65. The summed E-state index contributed by atoms with van der Waals surface area (Å²) >= 11 is 0. The Labute approximate surface area is 179 Å². The molecular formula is C20H26F3N3O4S. The van der Waals surface area contributed by atoms with Crippen LogP contribution in [0.4, 0.5) is 18.9 Å². The quantitative estimate of drug-likeness (QED) is 0.596. The predicted octanol–water partition coefficient (Wildman–Crippen LogP) is 2.62. The molecule has 1 aromatic carbocycles. The maximum Gasteiger partial charge on any atom is 0.406 e. The smallest absolute Gasteiger partial charge is 0.330 e. The first-order valence-electron chi connectivity index (χ1n) is 10.3. The van der Waals surface area contributed by atoms with Crippen molar-refractivity contribution in [1.29, 1.82) is 0 Å². The number of sulfonamides is 1. The summed E-state index contributed by atoms with van der Waals surface area (Å²) in [6, 6.07) is 5.34. The number of halogens is 3. The highest BCUT2D eigenvalue weighted by molar-refractivity contribution is 7.89. The summed E-state index contributed by atoms with van der Waals surface area (Å²) in [4.78, 5) is 27.5. The van der Waals surface area contributed by atoms with Crippen LogP contribution in [0.3, 0.4) is 0 Å². The second kappa shape index (κ2) is 8.78. The van der Waals surface area contributed by atoms with Gasteiger partial charge in [-0.25, -0.2) is 8.42 Å². The third-order valence-corrected chi connectivity index (χ3v) is 7.65. The number of carbonyl (C=O) groups is 2. The zero-order valence-corrected chi connectivity index (χ0v) is 18.2. The standard InChI is InChI=1S/C20H26F3N3O4S/c1-3-24(4-2)31(29,30)17-9-7-15(8-10-17)25-12-14(11-18(25)27)19(28)26(16-5-6-16)13-20(21,22)23/h7-10,14,16H,3-6,11-13H2,1-2H3. The van der Waals surface area contributed by atoms with Gasteiger partial charge in [0.15, 0.2) is 0 Å². The van der Waals surface area contributed by atoms with E-state index in [4.69, 9.17) is 0 Å². The van der Waals surface area contributed by atoms with Crippen molar-refractivity contribution in [3.05, 3.63) is 24.3 Å². The Kier molecular flexibility index (Phi) is 6.66. The molecule has 31 heavy (non-hydrogen) atoms. The van der Waals surface area contributed by atoms with Gasteiger partial charge in [-0.05, 0) is 37.1 Å². The van der Waals surface area contributed by atoms with Gasteiger partial charge in [0.05, 0.1) is 10.8 Å². The fourth-order valence-corrected chi connectivity index (χ4v) is 5.29. The van der Waals surface area contributed by atoms with Gasteiger partial charge in [0, 0.05) is 37.8 Å². The number of hydrogen-bond acceptors (Lipinski definition) is 4. The van der Waals surface area contributed by atoms with Crippen LogP contribution in [-0.4, -0.2) is 67.8 Å². The fraction of sp³-hybridized carbons (Fsp3) is 0.600. The molecule has 172 valence electrons. The molecule has 11 heteroatoms. The number of rotatable bonds is 8. The summed E-state index contributed by atoms with van der Waals surface area (Å²) in [6.07, 6.45) is -3.59. The minimum Gasteiger partial charge on any atom is -0.330 e. The maximum atomic E-state index is 12.9. The first-order chi connectivity index (χ1) is 14.5. The molecule has 2 fully saturated rings. The largest absolute Gasteiger partial charge is 0.406 e. The number of nitrogens with zero attached hydrogens (tertiary/aromatic N) is 3. The highest BCUT2D eigenvalue weighted by Gasteiger charge is 2.45. The van der Waals surface area contributed by atoms with Crippen LogP contribution in [0.15, 0.2) is 29.2 Å². The second-order valence-electron chi connectivity index (χ2n) is 7.80. The summed E-state index contributed by atoms with van der Waals surface area (Å²) in [6.45, 7) is 2.78. The SMILES string of the molecule is CCN(CC)S(=O)(=O)c1ccc(N2CC(C(=O)N(CC(F)(F)F)C3CC3)CC2=O)cc1. The van der Waals surface area contributed by atoms with E-state index in [2.05, 4.69) is 0 Å². The summed E-state index contributed by atoms with van der Waals surface area (Å²) < 4.78 is 65.1. The molecule has 0 spiro atoms. The van der Waals surface area contributed by atoms with Crippen LogP contribution < -0.4 is 4.90 Å². The van der Waals surface area contributed by atoms with E-state index in [9.17, 15) is 31.2 Å². The summed E-state index contributed by atoms with van der Waals surface area (Å²) in [5.41, 5.74) is 0.410. The van der Waals surface area contributed by atoms with Crippen molar-refractivity contribution in [2.24, 2.45) is 5.92 Å². The lowest BCUT2D eigenvalue weighted by molar-refractivity contribution is -0.164. The van der Waals surface area contributed by atoms with Crippen molar-refractivity contribution in [1.82, 2.24) is 9.21 Å². The monoisotopic (exact) mass is 461 g/mol. The molecule has 1 atom stereocenters. The predicted molar refractivity (Wildman–Crippen MR) is 108 cm³/mol. The third kappa shape index (κ3) is 5.20. The van der Waals surface area contributed by atoms with Crippen LogP contribution in [0.25, 0.3) is 0 Å². The molecule has 1 aromatic rings. The molecule has 1 heterocycles. The molecule has 0 bridgehead atoms. The minimum absolute atomic E-state index is 0.0269. The molecule has 1 aliphatic heterocycles. The van der Waals surface area contributed by atoms with E-state index in [1.807, 2.05) is 0 Å². The van der Waals surface area contributed by atoms with E-state index in [0.29, 0.717) is 31.6 Å². The Balaban J connectivity index is 1.73. The lowest BCUT2D eigenvalue weighted by Crippen LogP contribution is -2.44. The van der Waals surface area contributed by atoms with Crippen molar-refractivity contribution >= 4 is 27.5 Å². The molecule has 1 unspecified atom stereocenters. The fourth-order valence-electron chi connectivity index (χ4n) is 3.83. The average Bonchev–Trinajstić information content (AvgIpc) is 3.47. The topological polar surface area (TPSA) is 78.0 Å². The van der Waals surface area contributed by atoms with Gasteiger partial charge in [0.2, 0.25) is 21.8 Å². The number of carbonyl (C=O) groups excluding carboxylic acids is 2. The maximum absolute atomic E-state index is 12.9. The summed E-state index contributed by atoms with van der Waals surface area (Å²) in [5.74, 6) is -1.88. The summed E-state index contributed by atoms with van der Waals surface area (Å²) in [5, 5.41) is 0. The van der Waals surface area contributed by atoms with Crippen molar-refractivity contribution < 1.29 is 31.2 Å². The molecule has 1 aliphatic carbocycles. The van der Waals surface area contributed by atoms with E-state index in [1.54, 1.807) is 13.8 Å².